The van der Waals surface area contributed by atoms with Crippen molar-refractivity contribution in [1.29, 1.82) is 0 Å². The molecule has 0 aromatic carbocycles. The summed E-state index contributed by atoms with van der Waals surface area (Å²) in [4.78, 5) is 11.4. The highest BCUT2D eigenvalue weighted by atomic mass is 35.5. The molecule has 1 rings (SSSR count). The van der Waals surface area contributed by atoms with Crippen LogP contribution in [-0.2, 0) is 11.3 Å². The molecule has 15 heavy (non-hydrogen) atoms. The SMILES string of the molecule is CCOC(=O)c1cn(CC=CCl)nc1C. The summed E-state index contributed by atoms with van der Waals surface area (Å²) < 4.78 is 6.53. The van der Waals surface area contributed by atoms with Crippen LogP contribution in [0.3, 0.4) is 0 Å². The highest BCUT2D eigenvalue weighted by molar-refractivity contribution is 6.25. The third-order valence-corrected chi connectivity index (χ3v) is 2.00. The number of hydrogen-bond acceptors (Lipinski definition) is 3. The monoisotopic (exact) mass is 228 g/mol. The van der Waals surface area contributed by atoms with Crippen molar-refractivity contribution in [3.63, 3.8) is 0 Å². The van der Waals surface area contributed by atoms with Gasteiger partial charge in [-0.3, -0.25) is 4.68 Å². The number of aryl methyl sites for hydroxylation is 1. The number of hydrogen-bond donors (Lipinski definition) is 0. The van der Waals surface area contributed by atoms with Gasteiger partial charge in [-0.2, -0.15) is 5.10 Å². The van der Waals surface area contributed by atoms with Crippen LogP contribution in [0, 0.1) is 6.92 Å². The second-order valence-electron chi connectivity index (χ2n) is 2.93. The Balaban J connectivity index is 2.81. The summed E-state index contributed by atoms with van der Waals surface area (Å²) in [5, 5.41) is 4.16. The second-order valence-corrected chi connectivity index (χ2v) is 3.18. The van der Waals surface area contributed by atoms with Gasteiger partial charge in [0.25, 0.3) is 0 Å². The van der Waals surface area contributed by atoms with Crippen LogP contribution in [0.4, 0.5) is 0 Å². The summed E-state index contributed by atoms with van der Waals surface area (Å²) in [6, 6.07) is 0. The fourth-order valence-electron chi connectivity index (χ4n) is 1.17. The summed E-state index contributed by atoms with van der Waals surface area (Å²) in [6.07, 6.45) is 3.40. The van der Waals surface area contributed by atoms with E-state index in [9.17, 15) is 4.79 Å². The quantitative estimate of drug-likeness (QED) is 0.742. The van der Waals surface area contributed by atoms with Crippen LogP contribution in [0.15, 0.2) is 17.8 Å². The molecule has 0 spiro atoms. The van der Waals surface area contributed by atoms with E-state index in [1.54, 1.807) is 30.8 Å². The van der Waals surface area contributed by atoms with Gasteiger partial charge in [0.2, 0.25) is 0 Å². The molecule has 0 aliphatic heterocycles. The summed E-state index contributed by atoms with van der Waals surface area (Å²) in [5.41, 5.74) is 2.58. The minimum absolute atomic E-state index is 0.337. The van der Waals surface area contributed by atoms with Gasteiger partial charge in [-0.1, -0.05) is 17.7 Å². The lowest BCUT2D eigenvalue weighted by Gasteiger charge is -1.97. The molecule has 82 valence electrons. The molecule has 5 heteroatoms. The van der Waals surface area contributed by atoms with Crippen LogP contribution >= 0.6 is 11.6 Å². The van der Waals surface area contributed by atoms with E-state index in [1.165, 1.54) is 5.54 Å². The van der Waals surface area contributed by atoms with E-state index in [-0.39, 0.29) is 5.97 Å². The van der Waals surface area contributed by atoms with Gasteiger partial charge in [-0.05, 0) is 13.8 Å². The lowest BCUT2D eigenvalue weighted by atomic mass is 10.3. The fraction of sp³-hybridized carbons (Fsp3) is 0.400. The highest BCUT2D eigenvalue weighted by Crippen LogP contribution is 2.07. The number of ether oxygens (including phenoxy) is 1. The van der Waals surface area contributed by atoms with E-state index in [1.807, 2.05) is 0 Å². The maximum atomic E-state index is 11.4. The van der Waals surface area contributed by atoms with Crippen molar-refractivity contribution in [1.82, 2.24) is 9.78 Å². The van der Waals surface area contributed by atoms with Gasteiger partial charge in [-0.15, -0.1) is 0 Å². The maximum Gasteiger partial charge on any atom is 0.341 e. The van der Waals surface area contributed by atoms with Crippen LogP contribution in [0.25, 0.3) is 0 Å². The van der Waals surface area contributed by atoms with E-state index < -0.39 is 0 Å². The second kappa shape index (κ2) is 5.56. The van der Waals surface area contributed by atoms with E-state index >= 15 is 0 Å². The van der Waals surface area contributed by atoms with Crippen molar-refractivity contribution in [2.75, 3.05) is 6.61 Å². The molecule has 0 fully saturated rings. The predicted molar refractivity (Wildman–Crippen MR) is 57.9 cm³/mol. The normalized spacial score (nSPS) is 10.9. The van der Waals surface area contributed by atoms with Gasteiger partial charge in [0.15, 0.2) is 0 Å². The minimum atomic E-state index is -0.337. The van der Waals surface area contributed by atoms with Gasteiger partial charge in [0.1, 0.15) is 5.56 Å². The number of aromatic nitrogens is 2. The molecule has 0 atom stereocenters. The van der Waals surface area contributed by atoms with Crippen molar-refractivity contribution in [3.8, 4) is 0 Å². The molecule has 1 aromatic rings. The Morgan fingerprint density at radius 3 is 3.07 bits per heavy atom. The number of carbonyl (C=O) groups excluding carboxylic acids is 1. The van der Waals surface area contributed by atoms with Gasteiger partial charge >= 0.3 is 5.97 Å². The average Bonchev–Trinajstić information content (AvgIpc) is 2.57. The number of allylic oxidation sites excluding steroid dienone is 1. The molecule has 0 N–H and O–H groups in total. The molecule has 0 amide bonds. The zero-order chi connectivity index (χ0) is 11.3. The van der Waals surface area contributed by atoms with E-state index in [2.05, 4.69) is 5.10 Å². The smallest absolute Gasteiger partial charge is 0.341 e. The summed E-state index contributed by atoms with van der Waals surface area (Å²) >= 11 is 5.40. The third kappa shape index (κ3) is 3.09. The number of nitrogens with zero attached hydrogens (tertiary/aromatic N) is 2. The number of halogens is 1. The molecule has 1 heterocycles. The van der Waals surface area contributed by atoms with E-state index in [0.29, 0.717) is 24.4 Å². The topological polar surface area (TPSA) is 44.1 Å². The number of carbonyl (C=O) groups is 1. The van der Waals surface area contributed by atoms with Crippen LogP contribution < -0.4 is 0 Å². The van der Waals surface area contributed by atoms with E-state index in [0.717, 1.165) is 0 Å². The van der Waals surface area contributed by atoms with Crippen molar-refractivity contribution in [2.24, 2.45) is 0 Å². The zero-order valence-corrected chi connectivity index (χ0v) is 9.49. The Morgan fingerprint density at radius 2 is 2.47 bits per heavy atom. The lowest BCUT2D eigenvalue weighted by Crippen LogP contribution is -2.04. The Kier molecular flexibility index (Phi) is 4.37. The standard InChI is InChI=1S/C10H13ClN2O2/c1-3-15-10(14)9-7-13(6-4-5-11)12-8(9)2/h4-5,7H,3,6H2,1-2H3. The molecule has 0 unspecified atom stereocenters. The molecular weight excluding hydrogens is 216 g/mol. The molecule has 0 saturated heterocycles. The molecule has 4 nitrogen and oxygen atoms in total. The molecule has 1 aromatic heterocycles. The molecule has 0 aliphatic carbocycles. The highest BCUT2D eigenvalue weighted by Gasteiger charge is 2.13. The van der Waals surface area contributed by atoms with Gasteiger partial charge in [0, 0.05) is 11.7 Å². The van der Waals surface area contributed by atoms with Crippen molar-refractivity contribution >= 4 is 17.6 Å². The Hall–Kier alpha value is -1.29. The first-order chi connectivity index (χ1) is 7.19. The molecule has 0 saturated carbocycles. The van der Waals surface area contributed by atoms with Gasteiger partial charge in [-0.25, -0.2) is 4.79 Å². The Morgan fingerprint density at radius 1 is 1.73 bits per heavy atom. The third-order valence-electron chi connectivity index (χ3n) is 1.82. The van der Waals surface area contributed by atoms with E-state index in [4.69, 9.17) is 16.3 Å². The first-order valence-electron chi connectivity index (χ1n) is 4.65. The van der Waals surface area contributed by atoms with Crippen LogP contribution in [0.1, 0.15) is 23.0 Å². The molecule has 0 aliphatic rings. The van der Waals surface area contributed by atoms with Crippen LogP contribution in [0.2, 0.25) is 0 Å². The van der Waals surface area contributed by atoms with Crippen LogP contribution in [-0.4, -0.2) is 22.4 Å². The zero-order valence-electron chi connectivity index (χ0n) is 8.74. The van der Waals surface area contributed by atoms with Crippen molar-refractivity contribution in [2.45, 2.75) is 20.4 Å². The lowest BCUT2D eigenvalue weighted by molar-refractivity contribution is 0.0525. The van der Waals surface area contributed by atoms with Crippen LogP contribution in [0.5, 0.6) is 0 Å². The largest absolute Gasteiger partial charge is 0.462 e. The number of rotatable bonds is 4. The summed E-state index contributed by atoms with van der Waals surface area (Å²) in [5.74, 6) is -0.337. The van der Waals surface area contributed by atoms with Crippen molar-refractivity contribution < 1.29 is 9.53 Å². The van der Waals surface area contributed by atoms with Crippen molar-refractivity contribution in [3.05, 3.63) is 29.1 Å². The first kappa shape index (κ1) is 11.8. The maximum absolute atomic E-state index is 11.4. The molecular formula is C10H13ClN2O2. The van der Waals surface area contributed by atoms with Gasteiger partial charge in [0.05, 0.1) is 18.8 Å². The number of esters is 1. The Bertz CT molecular complexity index is 371. The molecule has 0 bridgehead atoms. The summed E-state index contributed by atoms with van der Waals surface area (Å²) in [7, 11) is 0. The first-order valence-corrected chi connectivity index (χ1v) is 5.09. The average molecular weight is 229 g/mol. The summed E-state index contributed by atoms with van der Waals surface area (Å²) in [6.45, 7) is 4.45. The minimum Gasteiger partial charge on any atom is -0.462 e. The Labute approximate surface area is 93.5 Å². The predicted octanol–water partition coefficient (Wildman–Crippen LogP) is 2.12. The molecule has 0 radical (unpaired) electrons. The fourth-order valence-corrected chi connectivity index (χ4v) is 1.25. The van der Waals surface area contributed by atoms with Gasteiger partial charge < -0.3 is 4.74 Å².